The minimum atomic E-state index is -0.831. The number of fused-ring (bicyclic) bond motifs is 1. The Morgan fingerprint density at radius 1 is 1.14 bits per heavy atom. The number of imidazole rings is 1. The van der Waals surface area contributed by atoms with Gasteiger partial charge in [0, 0.05) is 12.1 Å². The number of hydrogen-bond donors (Lipinski definition) is 3. The summed E-state index contributed by atoms with van der Waals surface area (Å²) in [6.45, 7) is 0. The number of rotatable bonds is 6. The summed E-state index contributed by atoms with van der Waals surface area (Å²) >= 11 is 0. The molecule has 0 radical (unpaired) electrons. The van der Waals surface area contributed by atoms with Gasteiger partial charge in [-0.15, -0.1) is 0 Å². The van der Waals surface area contributed by atoms with Crippen LogP contribution in [0.15, 0.2) is 43.0 Å². The highest BCUT2D eigenvalue weighted by molar-refractivity contribution is 6.02. The van der Waals surface area contributed by atoms with Crippen molar-refractivity contribution in [1.82, 2.24) is 19.5 Å². The van der Waals surface area contributed by atoms with E-state index in [-0.39, 0.29) is 18.8 Å². The third-order valence-corrected chi connectivity index (χ3v) is 4.70. The summed E-state index contributed by atoms with van der Waals surface area (Å²) < 4.78 is 7.75. The van der Waals surface area contributed by atoms with Crippen molar-refractivity contribution in [3.8, 4) is 0 Å². The van der Waals surface area contributed by atoms with Crippen LogP contribution in [0.25, 0.3) is 11.2 Å². The lowest BCUT2D eigenvalue weighted by molar-refractivity contribution is -0.138. The van der Waals surface area contributed by atoms with Gasteiger partial charge >= 0.3 is 12.0 Å². The van der Waals surface area contributed by atoms with E-state index >= 15 is 0 Å². The van der Waals surface area contributed by atoms with Crippen LogP contribution in [-0.2, 0) is 9.53 Å². The molecule has 1 aliphatic rings. The predicted octanol–water partition coefficient (Wildman–Crippen LogP) is 3.01. The smallest absolute Gasteiger partial charge is 0.324 e. The molecule has 29 heavy (non-hydrogen) atoms. The fourth-order valence-electron chi connectivity index (χ4n) is 3.33. The monoisotopic (exact) mass is 396 g/mol. The largest absolute Gasteiger partial charge is 0.481 e. The van der Waals surface area contributed by atoms with Crippen LogP contribution in [0.3, 0.4) is 0 Å². The van der Waals surface area contributed by atoms with Gasteiger partial charge in [0.2, 0.25) is 0 Å². The van der Waals surface area contributed by atoms with Crippen LogP contribution in [-0.4, -0.2) is 42.7 Å². The Kier molecular flexibility index (Phi) is 5.34. The maximum Gasteiger partial charge on any atom is 0.324 e. The fraction of sp³-hybridized carbons (Fsp3) is 0.316. The number of benzene rings is 1. The summed E-state index contributed by atoms with van der Waals surface area (Å²) in [4.78, 5) is 35.8. The molecule has 1 fully saturated rings. The highest BCUT2D eigenvalue weighted by Crippen LogP contribution is 2.33. The molecule has 10 nitrogen and oxygen atoms in total. The number of carbonyl (C=O) groups excluding carboxylic acids is 1. The lowest BCUT2D eigenvalue weighted by Crippen LogP contribution is -2.20. The summed E-state index contributed by atoms with van der Waals surface area (Å²) in [5, 5.41) is 14.3. The molecule has 3 N–H and O–H groups in total. The molecule has 2 unspecified atom stereocenters. The Morgan fingerprint density at radius 2 is 1.97 bits per heavy atom. The number of nitrogens with zero attached hydrogens (tertiary/aromatic N) is 4. The van der Waals surface area contributed by atoms with Gasteiger partial charge in [-0.05, 0) is 31.4 Å². The minimum Gasteiger partial charge on any atom is -0.481 e. The molecule has 2 amide bonds. The van der Waals surface area contributed by atoms with E-state index in [1.54, 1.807) is 23.0 Å². The van der Waals surface area contributed by atoms with Crippen molar-refractivity contribution in [3.63, 3.8) is 0 Å². The Morgan fingerprint density at radius 3 is 2.76 bits per heavy atom. The number of carboxylic acids is 1. The zero-order valence-corrected chi connectivity index (χ0v) is 15.5. The van der Waals surface area contributed by atoms with Crippen molar-refractivity contribution in [2.75, 3.05) is 10.6 Å². The van der Waals surface area contributed by atoms with Crippen LogP contribution < -0.4 is 10.6 Å². The van der Waals surface area contributed by atoms with Crippen LogP contribution in [0.4, 0.5) is 16.3 Å². The molecular formula is C19H20N6O4. The summed E-state index contributed by atoms with van der Waals surface area (Å²) in [5.74, 6) is -0.537. The molecule has 0 bridgehead atoms. The minimum absolute atomic E-state index is 0.0782. The molecular weight excluding hydrogens is 376 g/mol. The average Bonchev–Trinajstić information content (AvgIpc) is 3.34. The molecule has 150 valence electrons. The fourth-order valence-corrected chi connectivity index (χ4v) is 3.33. The van der Waals surface area contributed by atoms with Crippen molar-refractivity contribution in [2.24, 2.45) is 0 Å². The van der Waals surface area contributed by atoms with E-state index in [9.17, 15) is 9.59 Å². The second kappa shape index (κ2) is 8.23. The lowest BCUT2D eigenvalue weighted by atomic mass is 10.1. The van der Waals surface area contributed by atoms with Gasteiger partial charge in [-0.2, -0.15) is 0 Å². The van der Waals surface area contributed by atoms with Crippen LogP contribution in [0.5, 0.6) is 0 Å². The number of hydrogen-bond acceptors (Lipinski definition) is 6. The van der Waals surface area contributed by atoms with Crippen molar-refractivity contribution in [1.29, 1.82) is 0 Å². The topological polar surface area (TPSA) is 131 Å². The van der Waals surface area contributed by atoms with E-state index in [2.05, 4.69) is 25.6 Å². The van der Waals surface area contributed by atoms with Gasteiger partial charge in [-0.25, -0.2) is 19.7 Å². The van der Waals surface area contributed by atoms with Gasteiger partial charge < -0.3 is 15.2 Å². The van der Waals surface area contributed by atoms with Crippen molar-refractivity contribution >= 4 is 34.7 Å². The van der Waals surface area contributed by atoms with E-state index in [0.717, 1.165) is 12.8 Å². The van der Waals surface area contributed by atoms with Crippen LogP contribution in [0.2, 0.25) is 0 Å². The number of amides is 2. The maximum absolute atomic E-state index is 12.3. The predicted molar refractivity (Wildman–Crippen MR) is 104 cm³/mol. The molecule has 1 aliphatic heterocycles. The number of ether oxygens (including phenoxy) is 1. The van der Waals surface area contributed by atoms with Gasteiger partial charge in [0.15, 0.2) is 17.0 Å². The van der Waals surface area contributed by atoms with E-state index in [0.29, 0.717) is 29.1 Å². The second-order valence-corrected chi connectivity index (χ2v) is 6.71. The Balaban J connectivity index is 1.47. The van der Waals surface area contributed by atoms with E-state index in [4.69, 9.17) is 9.84 Å². The molecule has 1 aromatic carbocycles. The first-order valence-corrected chi connectivity index (χ1v) is 9.28. The number of nitrogens with one attached hydrogen (secondary N) is 2. The zero-order chi connectivity index (χ0) is 20.2. The highest BCUT2D eigenvalue weighted by Gasteiger charge is 2.28. The zero-order valence-electron chi connectivity index (χ0n) is 15.5. The van der Waals surface area contributed by atoms with Gasteiger partial charge in [-0.1, -0.05) is 18.2 Å². The third-order valence-electron chi connectivity index (χ3n) is 4.70. The van der Waals surface area contributed by atoms with E-state index < -0.39 is 12.0 Å². The SMILES string of the molecule is O=C(O)CCC1CCC(n2cnc3c(NC(=O)Nc4ccccc4)ncnc32)O1. The Hall–Kier alpha value is -3.53. The standard InChI is InChI=1S/C19H20N6O4/c26-15(27)9-7-13-6-8-14(29-13)25-11-22-16-17(20-10-21-18(16)25)24-19(28)23-12-4-2-1-3-5-12/h1-5,10-11,13-14H,6-9H2,(H,26,27)(H2,20,21,23,24,28). The lowest BCUT2D eigenvalue weighted by Gasteiger charge is -2.14. The molecule has 3 heterocycles. The number of aromatic nitrogens is 4. The quantitative estimate of drug-likeness (QED) is 0.583. The molecule has 3 aromatic rings. The van der Waals surface area contributed by atoms with Gasteiger partial charge in [0.05, 0.1) is 12.4 Å². The number of anilines is 2. The molecule has 0 aliphatic carbocycles. The molecule has 10 heteroatoms. The second-order valence-electron chi connectivity index (χ2n) is 6.71. The summed E-state index contributed by atoms with van der Waals surface area (Å²) in [7, 11) is 0. The first kappa shape index (κ1) is 18.8. The van der Waals surface area contributed by atoms with Crippen LogP contribution in [0, 0.1) is 0 Å². The molecule has 0 spiro atoms. The average molecular weight is 396 g/mol. The summed E-state index contributed by atoms with van der Waals surface area (Å²) in [6, 6.07) is 8.64. The number of urea groups is 1. The van der Waals surface area contributed by atoms with E-state index in [1.807, 2.05) is 18.2 Å². The number of para-hydroxylation sites is 1. The van der Waals surface area contributed by atoms with E-state index in [1.165, 1.54) is 6.33 Å². The van der Waals surface area contributed by atoms with Gasteiger partial charge in [0.25, 0.3) is 0 Å². The first-order valence-electron chi connectivity index (χ1n) is 9.28. The summed E-state index contributed by atoms with van der Waals surface area (Å²) in [5.41, 5.74) is 1.65. The van der Waals surface area contributed by atoms with Crippen LogP contribution in [0.1, 0.15) is 31.9 Å². The number of aliphatic carboxylic acids is 1. The molecule has 2 atom stereocenters. The van der Waals surface area contributed by atoms with Gasteiger partial charge in [0.1, 0.15) is 12.6 Å². The normalized spacial score (nSPS) is 18.6. The molecule has 2 aromatic heterocycles. The van der Waals surface area contributed by atoms with Crippen molar-refractivity contribution in [2.45, 2.75) is 38.0 Å². The van der Waals surface area contributed by atoms with Crippen molar-refractivity contribution in [3.05, 3.63) is 43.0 Å². The third kappa shape index (κ3) is 4.32. The van der Waals surface area contributed by atoms with Gasteiger partial charge in [-0.3, -0.25) is 14.7 Å². The number of carboxylic acid groups (broad SMARTS) is 1. The molecule has 4 rings (SSSR count). The summed E-state index contributed by atoms with van der Waals surface area (Å²) in [6.07, 6.45) is 4.63. The molecule has 0 saturated carbocycles. The Bertz CT molecular complexity index is 1020. The Labute approximate surface area is 165 Å². The number of carbonyl (C=O) groups is 2. The van der Waals surface area contributed by atoms with Crippen molar-refractivity contribution < 1.29 is 19.4 Å². The maximum atomic E-state index is 12.3. The highest BCUT2D eigenvalue weighted by atomic mass is 16.5. The first-order chi connectivity index (χ1) is 14.1. The molecule has 1 saturated heterocycles. The van der Waals surface area contributed by atoms with Crippen LogP contribution >= 0.6 is 0 Å².